The Morgan fingerprint density at radius 3 is 2.82 bits per heavy atom. The SMILES string of the molecule is Cc1ccc(NC(=O)COc2ccc3c(c2)CCC3)cc1Cl. The monoisotopic (exact) mass is 315 g/mol. The van der Waals surface area contributed by atoms with E-state index in [4.69, 9.17) is 16.3 Å². The fraction of sp³-hybridized carbons (Fsp3) is 0.278. The van der Waals surface area contributed by atoms with Gasteiger partial charge >= 0.3 is 0 Å². The summed E-state index contributed by atoms with van der Waals surface area (Å²) >= 11 is 6.04. The Labute approximate surface area is 135 Å². The second-order valence-corrected chi connectivity index (χ2v) is 5.99. The number of anilines is 1. The quantitative estimate of drug-likeness (QED) is 0.920. The molecule has 0 aromatic heterocycles. The fourth-order valence-corrected chi connectivity index (χ4v) is 2.84. The van der Waals surface area contributed by atoms with Gasteiger partial charge in [0.25, 0.3) is 5.91 Å². The molecule has 0 heterocycles. The maximum absolute atomic E-state index is 11.9. The minimum atomic E-state index is -0.194. The Morgan fingerprint density at radius 1 is 1.18 bits per heavy atom. The number of carbonyl (C=O) groups excluding carboxylic acids is 1. The number of hydrogen-bond donors (Lipinski definition) is 1. The fourth-order valence-electron chi connectivity index (χ4n) is 2.65. The number of carbonyl (C=O) groups is 1. The third-order valence-corrected chi connectivity index (χ3v) is 4.30. The van der Waals surface area contributed by atoms with Crippen LogP contribution < -0.4 is 10.1 Å². The zero-order valence-corrected chi connectivity index (χ0v) is 13.2. The molecule has 1 aliphatic carbocycles. The molecule has 2 aromatic carbocycles. The predicted octanol–water partition coefficient (Wildman–Crippen LogP) is 4.15. The molecule has 0 bridgehead atoms. The number of hydrogen-bond acceptors (Lipinski definition) is 2. The molecule has 0 aliphatic heterocycles. The number of benzene rings is 2. The summed E-state index contributed by atoms with van der Waals surface area (Å²) in [5.74, 6) is 0.554. The standard InChI is InChI=1S/C18H18ClNO2/c1-12-5-7-15(10-17(12)19)20-18(21)11-22-16-8-6-13-3-2-4-14(13)9-16/h5-10H,2-4,11H2,1H3,(H,20,21). The Bertz CT molecular complexity index is 712. The van der Waals surface area contributed by atoms with Gasteiger partial charge in [-0.2, -0.15) is 0 Å². The number of amides is 1. The smallest absolute Gasteiger partial charge is 0.262 e. The molecule has 0 saturated heterocycles. The minimum Gasteiger partial charge on any atom is -0.484 e. The number of ether oxygens (including phenoxy) is 1. The maximum Gasteiger partial charge on any atom is 0.262 e. The van der Waals surface area contributed by atoms with Crippen molar-refractivity contribution >= 4 is 23.2 Å². The summed E-state index contributed by atoms with van der Waals surface area (Å²) < 4.78 is 5.57. The zero-order chi connectivity index (χ0) is 15.5. The lowest BCUT2D eigenvalue weighted by Gasteiger charge is -2.09. The van der Waals surface area contributed by atoms with Crippen molar-refractivity contribution < 1.29 is 9.53 Å². The van der Waals surface area contributed by atoms with E-state index < -0.39 is 0 Å². The molecule has 1 aliphatic rings. The van der Waals surface area contributed by atoms with Crippen LogP contribution in [0.15, 0.2) is 36.4 Å². The second-order valence-electron chi connectivity index (χ2n) is 5.58. The Balaban J connectivity index is 1.57. The molecular weight excluding hydrogens is 298 g/mol. The van der Waals surface area contributed by atoms with Gasteiger partial charge in [-0.05, 0) is 67.1 Å². The zero-order valence-electron chi connectivity index (χ0n) is 12.5. The molecule has 0 unspecified atom stereocenters. The van der Waals surface area contributed by atoms with Crippen molar-refractivity contribution in [2.45, 2.75) is 26.2 Å². The lowest BCUT2D eigenvalue weighted by atomic mass is 10.1. The van der Waals surface area contributed by atoms with E-state index >= 15 is 0 Å². The number of aryl methyl sites for hydroxylation is 3. The highest BCUT2D eigenvalue weighted by molar-refractivity contribution is 6.31. The summed E-state index contributed by atoms with van der Waals surface area (Å²) in [5.41, 5.74) is 4.39. The molecule has 0 atom stereocenters. The molecule has 22 heavy (non-hydrogen) atoms. The molecule has 1 N–H and O–H groups in total. The largest absolute Gasteiger partial charge is 0.484 e. The van der Waals surface area contributed by atoms with E-state index in [1.165, 1.54) is 17.5 Å². The van der Waals surface area contributed by atoms with Crippen LogP contribution in [0.4, 0.5) is 5.69 Å². The number of fused-ring (bicyclic) bond motifs is 1. The molecule has 114 valence electrons. The molecule has 0 fully saturated rings. The van der Waals surface area contributed by atoms with Crippen LogP contribution >= 0.6 is 11.6 Å². The summed E-state index contributed by atoms with van der Waals surface area (Å²) in [6.07, 6.45) is 3.44. The number of nitrogens with one attached hydrogen (secondary N) is 1. The molecular formula is C18H18ClNO2. The van der Waals surface area contributed by atoms with E-state index in [1.54, 1.807) is 6.07 Å². The van der Waals surface area contributed by atoms with Crippen LogP contribution in [0.3, 0.4) is 0 Å². The van der Waals surface area contributed by atoms with Crippen LogP contribution in [-0.4, -0.2) is 12.5 Å². The third-order valence-electron chi connectivity index (χ3n) is 3.90. The summed E-state index contributed by atoms with van der Waals surface area (Å²) in [7, 11) is 0. The highest BCUT2D eigenvalue weighted by Gasteiger charge is 2.12. The van der Waals surface area contributed by atoms with Crippen molar-refractivity contribution in [3.8, 4) is 5.75 Å². The van der Waals surface area contributed by atoms with Crippen molar-refractivity contribution in [3.63, 3.8) is 0 Å². The molecule has 2 aromatic rings. The molecule has 3 rings (SSSR count). The van der Waals surface area contributed by atoms with Crippen LogP contribution in [0.5, 0.6) is 5.75 Å². The van der Waals surface area contributed by atoms with Gasteiger partial charge < -0.3 is 10.1 Å². The van der Waals surface area contributed by atoms with Crippen LogP contribution in [-0.2, 0) is 17.6 Å². The normalized spacial score (nSPS) is 12.8. The summed E-state index contributed by atoms with van der Waals surface area (Å²) in [6, 6.07) is 11.5. The first-order valence-corrected chi connectivity index (χ1v) is 7.80. The van der Waals surface area contributed by atoms with Crippen molar-refractivity contribution in [2.24, 2.45) is 0 Å². The van der Waals surface area contributed by atoms with Crippen LogP contribution in [0.2, 0.25) is 5.02 Å². The van der Waals surface area contributed by atoms with Gasteiger partial charge in [0, 0.05) is 10.7 Å². The minimum absolute atomic E-state index is 0.00964. The van der Waals surface area contributed by atoms with E-state index in [-0.39, 0.29) is 12.5 Å². The number of rotatable bonds is 4. The highest BCUT2D eigenvalue weighted by atomic mass is 35.5. The molecule has 0 radical (unpaired) electrons. The summed E-state index contributed by atoms with van der Waals surface area (Å²) in [5, 5.41) is 3.42. The van der Waals surface area contributed by atoms with E-state index in [0.717, 1.165) is 24.2 Å². The van der Waals surface area contributed by atoms with Gasteiger partial charge in [-0.15, -0.1) is 0 Å². The van der Waals surface area contributed by atoms with E-state index in [1.807, 2.05) is 31.2 Å². The maximum atomic E-state index is 11.9. The predicted molar refractivity (Wildman–Crippen MR) is 88.8 cm³/mol. The topological polar surface area (TPSA) is 38.3 Å². The first-order chi connectivity index (χ1) is 10.6. The Morgan fingerprint density at radius 2 is 2.00 bits per heavy atom. The average molecular weight is 316 g/mol. The van der Waals surface area contributed by atoms with Gasteiger partial charge in [0.05, 0.1) is 0 Å². The molecule has 0 saturated carbocycles. The molecule has 1 amide bonds. The van der Waals surface area contributed by atoms with Gasteiger partial charge in [-0.25, -0.2) is 0 Å². The van der Waals surface area contributed by atoms with Gasteiger partial charge in [0.1, 0.15) is 5.75 Å². The molecule has 3 nitrogen and oxygen atoms in total. The first kappa shape index (κ1) is 14.9. The third kappa shape index (κ3) is 3.42. The summed E-state index contributed by atoms with van der Waals surface area (Å²) in [6.45, 7) is 1.91. The van der Waals surface area contributed by atoms with Crippen molar-refractivity contribution in [3.05, 3.63) is 58.1 Å². The van der Waals surface area contributed by atoms with Crippen LogP contribution in [0, 0.1) is 6.92 Å². The highest BCUT2D eigenvalue weighted by Crippen LogP contribution is 2.26. The van der Waals surface area contributed by atoms with Gasteiger partial charge in [-0.1, -0.05) is 23.7 Å². The van der Waals surface area contributed by atoms with Gasteiger partial charge in [-0.3, -0.25) is 4.79 Å². The van der Waals surface area contributed by atoms with Gasteiger partial charge in [0.2, 0.25) is 0 Å². The average Bonchev–Trinajstić information content (AvgIpc) is 2.96. The Kier molecular flexibility index (Phi) is 4.34. The number of halogens is 1. The van der Waals surface area contributed by atoms with E-state index in [9.17, 15) is 4.79 Å². The van der Waals surface area contributed by atoms with Crippen molar-refractivity contribution in [1.29, 1.82) is 0 Å². The van der Waals surface area contributed by atoms with Crippen LogP contribution in [0.25, 0.3) is 0 Å². The van der Waals surface area contributed by atoms with Gasteiger partial charge in [0.15, 0.2) is 6.61 Å². The van der Waals surface area contributed by atoms with E-state index in [2.05, 4.69) is 11.4 Å². The van der Waals surface area contributed by atoms with Crippen LogP contribution in [0.1, 0.15) is 23.1 Å². The lowest BCUT2D eigenvalue weighted by Crippen LogP contribution is -2.20. The van der Waals surface area contributed by atoms with Crippen molar-refractivity contribution in [2.75, 3.05) is 11.9 Å². The second kappa shape index (κ2) is 6.41. The molecule has 0 spiro atoms. The first-order valence-electron chi connectivity index (χ1n) is 7.42. The summed E-state index contributed by atoms with van der Waals surface area (Å²) in [4.78, 5) is 11.9. The lowest BCUT2D eigenvalue weighted by molar-refractivity contribution is -0.118. The molecule has 4 heteroatoms. The van der Waals surface area contributed by atoms with Crippen molar-refractivity contribution in [1.82, 2.24) is 0 Å². The van der Waals surface area contributed by atoms with E-state index in [0.29, 0.717) is 10.7 Å². The Hall–Kier alpha value is -2.00.